The average molecular weight is 506 g/mol. The van der Waals surface area contributed by atoms with Crippen molar-refractivity contribution in [3.8, 4) is 11.5 Å². The Bertz CT molecular complexity index is 1400. The summed E-state index contributed by atoms with van der Waals surface area (Å²) in [4.78, 5) is 48.3. The minimum atomic E-state index is -1.33. The number of anilines is 1. The van der Waals surface area contributed by atoms with Crippen molar-refractivity contribution in [2.75, 3.05) is 5.32 Å². The number of carbonyl (C=O) groups is 4. The molecule has 0 saturated carbocycles. The molecule has 37 heavy (non-hydrogen) atoms. The minimum absolute atomic E-state index is 0.0557. The summed E-state index contributed by atoms with van der Waals surface area (Å²) in [5.41, 5.74) is -0.225. The quantitative estimate of drug-likeness (QED) is 0.293. The lowest BCUT2D eigenvalue weighted by atomic mass is 9.93. The van der Waals surface area contributed by atoms with Crippen LogP contribution in [0.3, 0.4) is 0 Å². The number of aromatic carboxylic acids is 2. The predicted molar refractivity (Wildman–Crippen MR) is 136 cm³/mol. The highest BCUT2D eigenvalue weighted by atomic mass is 16.5. The highest BCUT2D eigenvalue weighted by Gasteiger charge is 2.24. The fourth-order valence-corrected chi connectivity index (χ4v) is 3.78. The number of benzene rings is 3. The van der Waals surface area contributed by atoms with Gasteiger partial charge in [0, 0.05) is 16.8 Å². The van der Waals surface area contributed by atoms with Gasteiger partial charge in [-0.15, -0.1) is 0 Å². The van der Waals surface area contributed by atoms with Crippen LogP contribution in [0.4, 0.5) is 5.69 Å². The summed E-state index contributed by atoms with van der Waals surface area (Å²) in [6, 6.07) is 12.9. The third-order valence-electron chi connectivity index (χ3n) is 5.70. The molecular weight excluding hydrogens is 478 g/mol. The van der Waals surface area contributed by atoms with Gasteiger partial charge in [0.25, 0.3) is 5.91 Å². The number of carboxylic acid groups (broad SMARTS) is 2. The Kier molecular flexibility index (Phi) is 7.78. The fourth-order valence-electron chi connectivity index (χ4n) is 3.78. The topological polar surface area (TPSA) is 150 Å². The molecule has 4 N–H and O–H groups in total. The van der Waals surface area contributed by atoms with Crippen LogP contribution in [0.25, 0.3) is 0 Å². The van der Waals surface area contributed by atoms with Crippen molar-refractivity contribution in [2.45, 2.75) is 39.7 Å². The third-order valence-corrected chi connectivity index (χ3v) is 5.70. The summed E-state index contributed by atoms with van der Waals surface area (Å²) in [6.45, 7) is 6.35. The van der Waals surface area contributed by atoms with Crippen molar-refractivity contribution in [2.24, 2.45) is 0 Å². The molecule has 0 bridgehead atoms. The maximum Gasteiger partial charge on any atom is 0.336 e. The fraction of sp³-hybridized carbons (Fsp3) is 0.214. The molecule has 0 fully saturated rings. The van der Waals surface area contributed by atoms with Crippen LogP contribution in [0, 0.1) is 0 Å². The molecule has 3 rings (SSSR count). The highest BCUT2D eigenvalue weighted by molar-refractivity contribution is 6.11. The van der Waals surface area contributed by atoms with Crippen molar-refractivity contribution in [3.63, 3.8) is 0 Å². The van der Waals surface area contributed by atoms with Crippen LogP contribution in [0.15, 0.2) is 54.6 Å². The van der Waals surface area contributed by atoms with Crippen molar-refractivity contribution >= 4 is 29.3 Å². The van der Waals surface area contributed by atoms with Crippen molar-refractivity contribution < 1.29 is 39.2 Å². The van der Waals surface area contributed by atoms with Gasteiger partial charge < -0.3 is 25.4 Å². The summed E-state index contributed by atoms with van der Waals surface area (Å²) in [5.74, 6) is -3.57. The summed E-state index contributed by atoms with van der Waals surface area (Å²) >= 11 is 0. The molecule has 3 aromatic carbocycles. The number of aliphatic hydroxyl groups is 1. The molecule has 0 aliphatic rings. The van der Waals surface area contributed by atoms with Gasteiger partial charge >= 0.3 is 11.9 Å². The number of carboxylic acids is 2. The van der Waals surface area contributed by atoms with E-state index in [9.17, 15) is 34.5 Å². The maximum atomic E-state index is 13.2. The van der Waals surface area contributed by atoms with E-state index >= 15 is 0 Å². The van der Waals surface area contributed by atoms with E-state index in [-0.39, 0.29) is 33.8 Å². The lowest BCUT2D eigenvalue weighted by Crippen LogP contribution is -2.22. The lowest BCUT2D eigenvalue weighted by Gasteiger charge is -2.23. The van der Waals surface area contributed by atoms with E-state index < -0.39 is 29.2 Å². The molecule has 3 aromatic rings. The van der Waals surface area contributed by atoms with Gasteiger partial charge in [0.2, 0.25) is 0 Å². The molecule has 9 heteroatoms. The third kappa shape index (κ3) is 6.20. The number of hydrogen-bond donors (Lipinski definition) is 4. The molecule has 0 aromatic heterocycles. The van der Waals surface area contributed by atoms with Gasteiger partial charge in [-0.2, -0.15) is 0 Å². The first-order valence-corrected chi connectivity index (χ1v) is 11.4. The summed E-state index contributed by atoms with van der Waals surface area (Å²) in [6.07, 6.45) is 0.721. The monoisotopic (exact) mass is 505 g/mol. The Morgan fingerprint density at radius 2 is 1.35 bits per heavy atom. The Hall–Kier alpha value is -4.50. The Morgan fingerprint density at radius 3 is 1.84 bits per heavy atom. The molecule has 0 radical (unpaired) electrons. The van der Waals surface area contributed by atoms with Gasteiger partial charge in [0.05, 0.1) is 22.3 Å². The molecule has 0 atom stereocenters. The van der Waals surface area contributed by atoms with Crippen molar-refractivity contribution in [1.29, 1.82) is 0 Å². The molecule has 0 unspecified atom stereocenters. The van der Waals surface area contributed by atoms with Gasteiger partial charge in [0.15, 0.2) is 5.78 Å². The zero-order chi connectivity index (χ0) is 27.5. The number of amides is 1. The van der Waals surface area contributed by atoms with Gasteiger partial charge in [-0.1, -0.05) is 19.1 Å². The number of nitrogens with one attached hydrogen (secondary N) is 1. The molecule has 0 aliphatic carbocycles. The van der Waals surface area contributed by atoms with Gasteiger partial charge in [-0.3, -0.25) is 9.59 Å². The standard InChI is InChI=1S/C28H27NO8/c1-5-16-6-11-24(23(12-16)28(3,4)36)29-25(31)22-14-18(8-10-20(22)27(34)35)37-17-7-9-19(26(32)33)21(13-17)15(2)30/h6-14,36H,5H2,1-4H3,(H,29,31)(H,32,33)(H,34,35). The average Bonchev–Trinajstić information content (AvgIpc) is 2.83. The number of rotatable bonds is 9. The number of Topliss-reactive ketones (excluding diaryl/α,β-unsaturated/α-hetero) is 1. The zero-order valence-corrected chi connectivity index (χ0v) is 20.8. The smallest absolute Gasteiger partial charge is 0.336 e. The molecule has 0 saturated heterocycles. The van der Waals surface area contributed by atoms with E-state index in [1.807, 2.05) is 6.92 Å². The molecule has 1 amide bonds. The minimum Gasteiger partial charge on any atom is -0.478 e. The van der Waals surface area contributed by atoms with Gasteiger partial charge in [-0.25, -0.2) is 9.59 Å². The number of hydrogen-bond acceptors (Lipinski definition) is 6. The summed E-state index contributed by atoms with van der Waals surface area (Å²) in [5, 5.41) is 32.2. The van der Waals surface area contributed by atoms with E-state index in [0.717, 1.165) is 12.0 Å². The highest BCUT2D eigenvalue weighted by Crippen LogP contribution is 2.31. The molecular formula is C28H27NO8. The summed E-state index contributed by atoms with van der Waals surface area (Å²) < 4.78 is 5.73. The van der Waals surface area contributed by atoms with Crippen LogP contribution in [0.2, 0.25) is 0 Å². The Balaban J connectivity index is 1.99. The van der Waals surface area contributed by atoms with Gasteiger partial charge in [-0.05, 0) is 75.2 Å². The normalized spacial score (nSPS) is 11.1. The number of ketones is 1. The first-order valence-electron chi connectivity index (χ1n) is 11.4. The van der Waals surface area contributed by atoms with Gasteiger partial charge in [0.1, 0.15) is 11.5 Å². The second-order valence-electron chi connectivity index (χ2n) is 8.93. The van der Waals surface area contributed by atoms with Crippen LogP contribution in [-0.2, 0) is 12.0 Å². The lowest BCUT2D eigenvalue weighted by molar-refractivity contribution is 0.0683. The van der Waals surface area contributed by atoms with E-state index in [0.29, 0.717) is 11.3 Å². The first kappa shape index (κ1) is 27.1. The van der Waals surface area contributed by atoms with Crippen LogP contribution in [0.5, 0.6) is 11.5 Å². The molecule has 192 valence electrons. The maximum absolute atomic E-state index is 13.2. The van der Waals surface area contributed by atoms with E-state index in [4.69, 9.17) is 4.74 Å². The van der Waals surface area contributed by atoms with Crippen molar-refractivity contribution in [1.82, 2.24) is 0 Å². The number of aryl methyl sites for hydroxylation is 1. The molecule has 9 nitrogen and oxygen atoms in total. The van der Waals surface area contributed by atoms with E-state index in [1.54, 1.807) is 32.0 Å². The van der Waals surface area contributed by atoms with E-state index in [1.165, 1.54) is 43.3 Å². The molecule has 0 aliphatic heterocycles. The van der Waals surface area contributed by atoms with Crippen LogP contribution in [0.1, 0.15) is 80.3 Å². The zero-order valence-electron chi connectivity index (χ0n) is 20.8. The van der Waals surface area contributed by atoms with Crippen LogP contribution < -0.4 is 10.1 Å². The molecule has 0 spiro atoms. The predicted octanol–water partition coefficient (Wildman–Crippen LogP) is 5.12. The van der Waals surface area contributed by atoms with Crippen LogP contribution >= 0.6 is 0 Å². The second kappa shape index (κ2) is 10.6. The number of carbonyl (C=O) groups excluding carboxylic acids is 2. The number of ether oxygens (including phenoxy) is 1. The molecule has 0 heterocycles. The Morgan fingerprint density at radius 1 is 0.811 bits per heavy atom. The SMILES string of the molecule is CCc1ccc(NC(=O)c2cc(Oc3ccc(C(=O)O)c(C(C)=O)c3)ccc2C(=O)O)c(C(C)(C)O)c1. The summed E-state index contributed by atoms with van der Waals surface area (Å²) in [7, 11) is 0. The largest absolute Gasteiger partial charge is 0.478 e. The van der Waals surface area contributed by atoms with E-state index in [2.05, 4.69) is 5.32 Å². The Labute approximate surface area is 213 Å². The first-order chi connectivity index (χ1) is 17.3. The second-order valence-corrected chi connectivity index (χ2v) is 8.93. The van der Waals surface area contributed by atoms with Crippen LogP contribution in [-0.4, -0.2) is 38.9 Å². The van der Waals surface area contributed by atoms with Crippen molar-refractivity contribution in [3.05, 3.63) is 88.0 Å².